The van der Waals surface area contributed by atoms with E-state index in [0.29, 0.717) is 5.92 Å². The zero-order chi connectivity index (χ0) is 20.4. The molecular formula is C23H35N3O2. The molecule has 1 aromatic carbocycles. The topological polar surface area (TPSA) is 52.6 Å². The van der Waals surface area contributed by atoms with Gasteiger partial charge in [0.2, 0.25) is 11.8 Å². The summed E-state index contributed by atoms with van der Waals surface area (Å²) >= 11 is 0. The first-order chi connectivity index (χ1) is 13.2. The molecule has 0 aromatic heterocycles. The predicted octanol–water partition coefficient (Wildman–Crippen LogP) is 3.02. The van der Waals surface area contributed by atoms with Crippen LogP contribution in [0, 0.1) is 5.41 Å². The third-order valence-corrected chi connectivity index (χ3v) is 6.57. The van der Waals surface area contributed by atoms with Crippen molar-refractivity contribution in [3.05, 3.63) is 35.9 Å². The molecule has 3 rings (SSSR count). The van der Waals surface area contributed by atoms with E-state index in [4.69, 9.17) is 0 Å². The van der Waals surface area contributed by atoms with Crippen molar-refractivity contribution in [1.82, 2.24) is 15.1 Å². The van der Waals surface area contributed by atoms with Crippen LogP contribution in [0.1, 0.15) is 58.4 Å². The summed E-state index contributed by atoms with van der Waals surface area (Å²) < 4.78 is 0. The van der Waals surface area contributed by atoms with Crippen LogP contribution in [0.5, 0.6) is 0 Å². The minimum absolute atomic E-state index is 0.0281. The van der Waals surface area contributed by atoms with Crippen molar-refractivity contribution in [2.75, 3.05) is 32.7 Å². The molecule has 154 valence electrons. The van der Waals surface area contributed by atoms with Crippen LogP contribution in [0.15, 0.2) is 30.3 Å². The Morgan fingerprint density at radius 3 is 2.39 bits per heavy atom. The zero-order valence-electron chi connectivity index (χ0n) is 17.8. The van der Waals surface area contributed by atoms with Gasteiger partial charge in [-0.25, -0.2) is 0 Å². The third kappa shape index (κ3) is 4.57. The van der Waals surface area contributed by atoms with Crippen molar-refractivity contribution in [3.8, 4) is 0 Å². The molecule has 0 saturated carbocycles. The van der Waals surface area contributed by atoms with E-state index in [1.807, 2.05) is 4.90 Å². The fourth-order valence-corrected chi connectivity index (χ4v) is 5.13. The zero-order valence-corrected chi connectivity index (χ0v) is 17.8. The summed E-state index contributed by atoms with van der Waals surface area (Å²) in [6.45, 7) is 12.2. The molecule has 0 bridgehead atoms. The maximum absolute atomic E-state index is 12.9. The van der Waals surface area contributed by atoms with E-state index < -0.39 is 5.54 Å². The number of rotatable bonds is 4. The number of likely N-dealkylation sites (N-methyl/N-ethyl adjacent to an activating group) is 1. The molecule has 0 radical (unpaired) electrons. The number of likely N-dealkylation sites (tertiary alicyclic amines) is 2. The Balaban J connectivity index is 1.69. The van der Waals surface area contributed by atoms with E-state index in [-0.39, 0.29) is 17.2 Å². The number of hydrogen-bond acceptors (Lipinski definition) is 3. The number of nitrogens with zero attached hydrogens (tertiary/aromatic N) is 2. The molecule has 1 spiro atoms. The van der Waals surface area contributed by atoms with E-state index >= 15 is 0 Å². The van der Waals surface area contributed by atoms with Crippen molar-refractivity contribution in [3.63, 3.8) is 0 Å². The highest BCUT2D eigenvalue weighted by molar-refractivity contribution is 5.90. The van der Waals surface area contributed by atoms with E-state index in [2.05, 4.69) is 47.5 Å². The van der Waals surface area contributed by atoms with Gasteiger partial charge in [-0.05, 0) is 56.6 Å². The lowest BCUT2D eigenvalue weighted by Crippen LogP contribution is -2.59. The molecule has 2 heterocycles. The maximum Gasteiger partial charge on any atom is 0.247 e. The molecule has 2 amide bonds. The molecule has 2 aliphatic rings. The second kappa shape index (κ2) is 8.24. The first kappa shape index (κ1) is 20.8. The summed E-state index contributed by atoms with van der Waals surface area (Å²) in [4.78, 5) is 28.9. The third-order valence-electron chi connectivity index (χ3n) is 6.57. The molecule has 1 atom stereocenters. The quantitative estimate of drug-likeness (QED) is 0.867. The average Bonchev–Trinajstić information content (AvgIpc) is 2.67. The molecular weight excluding hydrogens is 350 g/mol. The second-order valence-corrected chi connectivity index (χ2v) is 9.24. The van der Waals surface area contributed by atoms with Gasteiger partial charge in [-0.2, -0.15) is 0 Å². The van der Waals surface area contributed by atoms with Crippen molar-refractivity contribution in [2.24, 2.45) is 5.41 Å². The summed E-state index contributed by atoms with van der Waals surface area (Å²) in [6, 6.07) is 10.9. The van der Waals surface area contributed by atoms with Crippen molar-refractivity contribution < 1.29 is 9.59 Å². The fraction of sp³-hybridized carbons (Fsp3) is 0.652. The minimum Gasteiger partial charge on any atom is -0.342 e. The highest BCUT2D eigenvalue weighted by Crippen LogP contribution is 2.45. The molecule has 28 heavy (non-hydrogen) atoms. The molecule has 5 nitrogen and oxygen atoms in total. The Morgan fingerprint density at radius 2 is 1.82 bits per heavy atom. The molecule has 2 aliphatic heterocycles. The number of piperidine rings is 2. The van der Waals surface area contributed by atoms with Gasteiger partial charge in [0.25, 0.3) is 0 Å². The average molecular weight is 386 g/mol. The van der Waals surface area contributed by atoms with Crippen LogP contribution in [0.25, 0.3) is 0 Å². The van der Waals surface area contributed by atoms with Gasteiger partial charge < -0.3 is 15.1 Å². The van der Waals surface area contributed by atoms with Crippen LogP contribution in [-0.2, 0) is 9.59 Å². The van der Waals surface area contributed by atoms with Crippen LogP contribution in [0.2, 0.25) is 0 Å². The summed E-state index contributed by atoms with van der Waals surface area (Å²) in [5.74, 6) is 0.427. The van der Waals surface area contributed by atoms with Gasteiger partial charge in [0.05, 0.1) is 0 Å². The predicted molar refractivity (Wildman–Crippen MR) is 112 cm³/mol. The molecule has 2 fully saturated rings. The van der Waals surface area contributed by atoms with Gasteiger partial charge >= 0.3 is 0 Å². The highest BCUT2D eigenvalue weighted by atomic mass is 16.2. The lowest BCUT2D eigenvalue weighted by Gasteiger charge is -2.51. The lowest BCUT2D eigenvalue weighted by molar-refractivity contribution is -0.142. The van der Waals surface area contributed by atoms with Crippen LogP contribution >= 0.6 is 0 Å². The molecule has 1 N–H and O–H groups in total. The van der Waals surface area contributed by atoms with Gasteiger partial charge in [0, 0.05) is 33.1 Å². The Hall–Kier alpha value is -1.88. The van der Waals surface area contributed by atoms with E-state index in [1.165, 1.54) is 18.9 Å². The summed E-state index contributed by atoms with van der Waals surface area (Å²) in [5, 5.41) is 2.79. The second-order valence-electron chi connectivity index (χ2n) is 9.24. The molecule has 1 aromatic rings. The van der Waals surface area contributed by atoms with E-state index in [1.54, 1.807) is 13.8 Å². The number of carbonyl (C=O) groups is 2. The first-order valence-corrected chi connectivity index (χ1v) is 10.6. The van der Waals surface area contributed by atoms with Crippen LogP contribution in [-0.4, -0.2) is 59.9 Å². The van der Waals surface area contributed by atoms with E-state index in [9.17, 15) is 9.59 Å². The number of benzene rings is 1. The Bertz CT molecular complexity index is 693. The number of nitrogens with one attached hydrogen (secondary N) is 1. The molecule has 0 aliphatic carbocycles. The van der Waals surface area contributed by atoms with Gasteiger partial charge in [0.15, 0.2) is 0 Å². The largest absolute Gasteiger partial charge is 0.342 e. The van der Waals surface area contributed by atoms with Gasteiger partial charge in [-0.15, -0.1) is 0 Å². The molecule has 0 unspecified atom stereocenters. The number of amides is 2. The van der Waals surface area contributed by atoms with E-state index in [0.717, 1.165) is 45.6 Å². The minimum atomic E-state index is -0.842. The van der Waals surface area contributed by atoms with Crippen molar-refractivity contribution >= 4 is 11.8 Å². The smallest absolute Gasteiger partial charge is 0.247 e. The molecule has 5 heteroatoms. The fourth-order valence-electron chi connectivity index (χ4n) is 5.13. The highest BCUT2D eigenvalue weighted by Gasteiger charge is 2.44. The summed E-state index contributed by atoms with van der Waals surface area (Å²) in [6.07, 6.45) is 3.27. The van der Waals surface area contributed by atoms with Crippen LogP contribution < -0.4 is 5.32 Å². The van der Waals surface area contributed by atoms with Crippen LogP contribution in [0.4, 0.5) is 0 Å². The number of hydrogen-bond donors (Lipinski definition) is 1. The van der Waals surface area contributed by atoms with Gasteiger partial charge in [-0.3, -0.25) is 9.59 Å². The van der Waals surface area contributed by atoms with Crippen LogP contribution in [0.3, 0.4) is 0 Å². The standard InChI is InChI=1S/C23H35N3O2/c1-5-25-16-20(19-9-7-6-8-10-19)15-23(17-25)11-13-26(14-12-23)21(28)22(3,4)24-18(2)27/h6-10,20H,5,11-17H2,1-4H3,(H,24,27)/t20-/m1/s1. The van der Waals surface area contributed by atoms with Gasteiger partial charge in [0.1, 0.15) is 5.54 Å². The number of carbonyl (C=O) groups excluding carboxylic acids is 2. The van der Waals surface area contributed by atoms with Gasteiger partial charge in [-0.1, -0.05) is 37.3 Å². The Morgan fingerprint density at radius 1 is 1.18 bits per heavy atom. The summed E-state index contributed by atoms with van der Waals surface area (Å²) in [5.41, 5.74) is 0.875. The molecule has 2 saturated heterocycles. The van der Waals surface area contributed by atoms with Crippen molar-refractivity contribution in [2.45, 2.75) is 58.4 Å². The first-order valence-electron chi connectivity index (χ1n) is 10.6. The Labute approximate surface area is 169 Å². The monoisotopic (exact) mass is 385 g/mol. The summed E-state index contributed by atoms with van der Waals surface area (Å²) in [7, 11) is 0. The normalized spacial score (nSPS) is 22.9. The Kier molecular flexibility index (Phi) is 6.13. The lowest BCUT2D eigenvalue weighted by atomic mass is 9.68. The maximum atomic E-state index is 12.9. The SMILES string of the molecule is CCN1C[C@H](c2ccccc2)CC2(CCN(C(=O)C(C)(C)NC(C)=O)CC2)C1. The van der Waals surface area contributed by atoms with Crippen molar-refractivity contribution in [1.29, 1.82) is 0 Å².